The second kappa shape index (κ2) is 7.69. The molecule has 1 atom stereocenters. The van der Waals surface area contributed by atoms with Crippen molar-refractivity contribution in [1.82, 2.24) is 0 Å². The summed E-state index contributed by atoms with van der Waals surface area (Å²) in [4.78, 5) is 5.23. The van der Waals surface area contributed by atoms with E-state index in [2.05, 4.69) is 61.6 Å². The molecule has 6 rings (SSSR count). The fourth-order valence-electron chi connectivity index (χ4n) is 5.39. The Balaban J connectivity index is 1.55. The minimum atomic E-state index is -1.49. The first-order valence-corrected chi connectivity index (χ1v) is 11.6. The number of aliphatic imine (C=N–C) groups is 1. The lowest BCUT2D eigenvalue weighted by molar-refractivity contribution is 0.425. The first kappa shape index (κ1) is 20.9. The van der Waals surface area contributed by atoms with Gasteiger partial charge < -0.3 is 15.4 Å². The quantitative estimate of drug-likeness (QED) is 0.404. The van der Waals surface area contributed by atoms with Gasteiger partial charge in [0, 0.05) is 27.8 Å². The SMILES string of the molecule is CC1(C)c2cc(B(O)O)ccc2-c2c(C3N=C(c4ccccc4)c4ccccc4N3)cccc21. The maximum atomic E-state index is 9.76. The van der Waals surface area contributed by atoms with E-state index in [1.165, 1.54) is 11.1 Å². The molecular formula is C29H25BN2O2. The molecule has 5 heteroatoms. The molecule has 0 saturated carbocycles. The van der Waals surface area contributed by atoms with Crippen molar-refractivity contribution in [1.29, 1.82) is 0 Å². The van der Waals surface area contributed by atoms with Crippen LogP contribution in [0.2, 0.25) is 0 Å². The van der Waals surface area contributed by atoms with Crippen molar-refractivity contribution in [3.05, 3.63) is 119 Å². The van der Waals surface area contributed by atoms with E-state index >= 15 is 0 Å². The van der Waals surface area contributed by atoms with E-state index in [0.29, 0.717) is 5.46 Å². The molecule has 4 nitrogen and oxygen atoms in total. The van der Waals surface area contributed by atoms with Gasteiger partial charge in [0.2, 0.25) is 0 Å². The summed E-state index contributed by atoms with van der Waals surface area (Å²) in [6.45, 7) is 4.38. The Labute approximate surface area is 199 Å². The lowest BCUT2D eigenvalue weighted by Gasteiger charge is -2.28. The van der Waals surface area contributed by atoms with Gasteiger partial charge in [-0.2, -0.15) is 0 Å². The average Bonchev–Trinajstić information content (AvgIpc) is 3.10. The third-order valence-electron chi connectivity index (χ3n) is 7.13. The van der Waals surface area contributed by atoms with Gasteiger partial charge in [0.25, 0.3) is 0 Å². The number of fused-ring (bicyclic) bond motifs is 4. The summed E-state index contributed by atoms with van der Waals surface area (Å²) < 4.78 is 0. The van der Waals surface area contributed by atoms with Gasteiger partial charge in [-0.3, -0.25) is 4.99 Å². The first-order valence-electron chi connectivity index (χ1n) is 11.6. The highest BCUT2D eigenvalue weighted by molar-refractivity contribution is 6.58. The van der Waals surface area contributed by atoms with E-state index in [-0.39, 0.29) is 11.6 Å². The number of benzene rings is 4. The highest BCUT2D eigenvalue weighted by Crippen LogP contribution is 2.51. The summed E-state index contributed by atoms with van der Waals surface area (Å²) in [6.07, 6.45) is -0.245. The number of rotatable bonds is 3. The molecular weight excluding hydrogens is 419 g/mol. The Morgan fingerprint density at radius 1 is 0.794 bits per heavy atom. The normalized spacial score (nSPS) is 17.2. The summed E-state index contributed by atoms with van der Waals surface area (Å²) in [5.41, 5.74) is 10.2. The zero-order valence-corrected chi connectivity index (χ0v) is 19.2. The van der Waals surface area contributed by atoms with Crippen molar-refractivity contribution in [2.45, 2.75) is 25.4 Å². The number of para-hydroxylation sites is 1. The molecule has 4 aromatic carbocycles. The van der Waals surface area contributed by atoms with Gasteiger partial charge in [-0.25, -0.2) is 0 Å². The molecule has 0 fully saturated rings. The zero-order chi connectivity index (χ0) is 23.4. The highest BCUT2D eigenvalue weighted by Gasteiger charge is 2.39. The minimum Gasteiger partial charge on any atom is -0.423 e. The molecule has 1 aliphatic carbocycles. The summed E-state index contributed by atoms with van der Waals surface area (Å²) in [5, 5.41) is 23.2. The monoisotopic (exact) mass is 444 g/mol. The Morgan fingerprint density at radius 3 is 2.35 bits per heavy atom. The lowest BCUT2D eigenvalue weighted by atomic mass is 9.75. The van der Waals surface area contributed by atoms with E-state index in [0.717, 1.165) is 39.2 Å². The topological polar surface area (TPSA) is 64.8 Å². The smallest absolute Gasteiger partial charge is 0.423 e. The predicted octanol–water partition coefficient (Wildman–Crippen LogP) is 4.63. The minimum absolute atomic E-state index is 0.245. The predicted molar refractivity (Wildman–Crippen MR) is 139 cm³/mol. The van der Waals surface area contributed by atoms with Crippen molar-refractivity contribution in [3.8, 4) is 11.1 Å². The third kappa shape index (κ3) is 3.12. The third-order valence-corrected chi connectivity index (χ3v) is 7.13. The number of anilines is 1. The van der Waals surface area contributed by atoms with E-state index in [9.17, 15) is 10.0 Å². The molecule has 1 aliphatic heterocycles. The Kier molecular flexibility index (Phi) is 4.73. The first-order chi connectivity index (χ1) is 16.4. The molecule has 0 amide bonds. The second-order valence-corrected chi connectivity index (χ2v) is 9.51. The second-order valence-electron chi connectivity index (χ2n) is 9.51. The Morgan fingerprint density at radius 2 is 1.56 bits per heavy atom. The molecule has 166 valence electrons. The maximum Gasteiger partial charge on any atom is 0.488 e. The molecule has 3 N–H and O–H groups in total. The molecule has 0 aromatic heterocycles. The molecule has 0 bridgehead atoms. The standard InChI is InChI=1S/C29H25BN2O2/c1-29(2)23-13-8-12-22(26(23)20-16-15-19(30(33)34)17-24(20)29)28-31-25-14-7-6-11-21(25)27(32-28)18-9-4-3-5-10-18/h3-17,28,31,33-34H,1-2H3. The lowest BCUT2D eigenvalue weighted by Crippen LogP contribution is -2.31. The summed E-state index contributed by atoms with van der Waals surface area (Å²) in [5.74, 6) is 0. The fourth-order valence-corrected chi connectivity index (χ4v) is 5.39. The van der Waals surface area contributed by atoms with Crippen LogP contribution in [0, 0.1) is 0 Å². The van der Waals surface area contributed by atoms with Gasteiger partial charge in [0.05, 0.1) is 5.71 Å². The number of nitrogens with one attached hydrogen (secondary N) is 1. The largest absolute Gasteiger partial charge is 0.488 e. The van der Waals surface area contributed by atoms with Crippen molar-refractivity contribution in [2.75, 3.05) is 5.32 Å². The Hall–Kier alpha value is -3.67. The molecule has 4 aromatic rings. The van der Waals surface area contributed by atoms with E-state index < -0.39 is 7.12 Å². The van der Waals surface area contributed by atoms with Crippen molar-refractivity contribution in [3.63, 3.8) is 0 Å². The molecule has 2 aliphatic rings. The highest BCUT2D eigenvalue weighted by atomic mass is 16.4. The summed E-state index contributed by atoms with van der Waals surface area (Å²) >= 11 is 0. The molecule has 0 spiro atoms. The van der Waals surface area contributed by atoms with Crippen LogP contribution in [0.3, 0.4) is 0 Å². The Bertz CT molecular complexity index is 1440. The van der Waals surface area contributed by atoms with Gasteiger partial charge in [-0.1, -0.05) is 98.8 Å². The van der Waals surface area contributed by atoms with Crippen LogP contribution in [0.5, 0.6) is 0 Å². The van der Waals surface area contributed by atoms with Gasteiger partial charge in [0.1, 0.15) is 6.17 Å². The van der Waals surface area contributed by atoms with Crippen LogP contribution in [0.25, 0.3) is 11.1 Å². The van der Waals surface area contributed by atoms with E-state index in [4.69, 9.17) is 4.99 Å². The van der Waals surface area contributed by atoms with Crippen molar-refractivity contribution < 1.29 is 10.0 Å². The van der Waals surface area contributed by atoms with Gasteiger partial charge in [0.15, 0.2) is 0 Å². The van der Waals surface area contributed by atoms with Crippen LogP contribution < -0.4 is 10.8 Å². The van der Waals surface area contributed by atoms with Crippen LogP contribution in [0.1, 0.15) is 47.8 Å². The molecule has 1 heterocycles. The van der Waals surface area contributed by atoms with Crippen LogP contribution in [-0.4, -0.2) is 22.9 Å². The number of hydrogen-bond acceptors (Lipinski definition) is 4. The molecule has 34 heavy (non-hydrogen) atoms. The number of nitrogens with zero attached hydrogens (tertiary/aromatic N) is 1. The molecule has 0 radical (unpaired) electrons. The average molecular weight is 444 g/mol. The van der Waals surface area contributed by atoms with Crippen molar-refractivity contribution >= 4 is 24.0 Å². The van der Waals surface area contributed by atoms with E-state index in [1.807, 2.05) is 42.5 Å². The van der Waals surface area contributed by atoms with Crippen LogP contribution in [0.15, 0.2) is 96.0 Å². The van der Waals surface area contributed by atoms with Crippen LogP contribution >= 0.6 is 0 Å². The van der Waals surface area contributed by atoms with Gasteiger partial charge in [-0.05, 0) is 33.8 Å². The summed E-state index contributed by atoms with van der Waals surface area (Å²) in [7, 11) is -1.49. The van der Waals surface area contributed by atoms with E-state index in [1.54, 1.807) is 6.07 Å². The maximum absolute atomic E-state index is 9.76. The molecule has 0 saturated heterocycles. The van der Waals surface area contributed by atoms with Gasteiger partial charge >= 0.3 is 7.12 Å². The van der Waals surface area contributed by atoms with Crippen LogP contribution in [0.4, 0.5) is 5.69 Å². The summed E-state index contributed by atoms with van der Waals surface area (Å²) in [6, 6.07) is 30.8. The van der Waals surface area contributed by atoms with Gasteiger partial charge in [-0.15, -0.1) is 0 Å². The zero-order valence-electron chi connectivity index (χ0n) is 19.2. The fraction of sp³-hybridized carbons (Fsp3) is 0.138. The van der Waals surface area contributed by atoms with Crippen molar-refractivity contribution in [2.24, 2.45) is 4.99 Å². The number of hydrogen-bond donors (Lipinski definition) is 3. The van der Waals surface area contributed by atoms with Crippen LogP contribution in [-0.2, 0) is 5.41 Å². The molecule has 1 unspecified atom stereocenters.